The molecule has 0 atom stereocenters. The van der Waals surface area contributed by atoms with Crippen molar-refractivity contribution in [3.8, 4) is 11.4 Å². The van der Waals surface area contributed by atoms with Gasteiger partial charge >= 0.3 is 17.8 Å². The number of aryl methyl sites for hydroxylation is 1. The molecule has 12 nitrogen and oxygen atoms in total. The molecule has 1 aliphatic rings. The number of nitrogens with zero attached hydrogens (tertiary/aromatic N) is 7. The highest BCUT2D eigenvalue weighted by atomic mass is 19.4. The second-order valence-electron chi connectivity index (χ2n) is 11.5. The van der Waals surface area contributed by atoms with Gasteiger partial charge in [-0.25, -0.2) is 14.6 Å². The summed E-state index contributed by atoms with van der Waals surface area (Å²) in [6, 6.07) is 12.1. The fourth-order valence-electron chi connectivity index (χ4n) is 5.88. The summed E-state index contributed by atoms with van der Waals surface area (Å²) in [7, 11) is 0. The van der Waals surface area contributed by atoms with Gasteiger partial charge in [0, 0.05) is 51.2 Å². The van der Waals surface area contributed by atoms with E-state index in [1.54, 1.807) is 31.3 Å². The maximum atomic E-state index is 13.8. The van der Waals surface area contributed by atoms with Crippen LogP contribution in [0, 0.1) is 0 Å². The predicted molar refractivity (Wildman–Crippen MR) is 173 cm³/mol. The third-order valence-electron chi connectivity index (χ3n) is 8.28. The normalized spacial score (nSPS) is 13.7. The van der Waals surface area contributed by atoms with Crippen molar-refractivity contribution in [3.05, 3.63) is 98.5 Å². The zero-order valence-electron chi connectivity index (χ0n) is 26.5. The Labute approximate surface area is 273 Å². The molecule has 0 bridgehead atoms. The van der Waals surface area contributed by atoms with Crippen LogP contribution in [0.25, 0.3) is 22.6 Å². The van der Waals surface area contributed by atoms with Gasteiger partial charge in [0.2, 0.25) is 0 Å². The van der Waals surface area contributed by atoms with Gasteiger partial charge in [-0.3, -0.25) is 23.2 Å². The lowest BCUT2D eigenvalue weighted by Gasteiger charge is -2.29. The molecule has 48 heavy (non-hydrogen) atoms. The van der Waals surface area contributed by atoms with E-state index in [2.05, 4.69) is 20.3 Å². The Bertz CT molecular complexity index is 2050. The number of fused-ring (bicyclic) bond motifs is 1. The molecule has 0 radical (unpaired) electrons. The number of anilines is 1. The molecule has 0 amide bonds. The number of hydrogen-bond donors (Lipinski definition) is 1. The Hall–Kier alpha value is -5.18. The van der Waals surface area contributed by atoms with Gasteiger partial charge in [-0.1, -0.05) is 19.1 Å². The summed E-state index contributed by atoms with van der Waals surface area (Å²) < 4.78 is 51.0. The summed E-state index contributed by atoms with van der Waals surface area (Å²) in [5.74, 6) is -0.414. The molecule has 3 aromatic heterocycles. The van der Waals surface area contributed by atoms with Crippen molar-refractivity contribution in [2.75, 3.05) is 31.1 Å². The minimum atomic E-state index is -4.49. The first-order valence-electron chi connectivity index (χ1n) is 15.7. The highest BCUT2D eigenvalue weighted by Crippen LogP contribution is 2.30. The van der Waals surface area contributed by atoms with Gasteiger partial charge in [-0.2, -0.15) is 18.3 Å². The lowest BCUT2D eigenvalue weighted by molar-refractivity contribution is -0.137. The monoisotopic (exact) mass is 664 g/mol. The third kappa shape index (κ3) is 6.50. The fraction of sp³-hybridized carbons (Fsp3) is 0.364. The van der Waals surface area contributed by atoms with E-state index in [1.165, 1.54) is 26.1 Å². The number of benzene rings is 2. The van der Waals surface area contributed by atoms with Crippen LogP contribution in [0.5, 0.6) is 0 Å². The number of halogens is 3. The molecular formula is C33H35F3N8O4. The van der Waals surface area contributed by atoms with E-state index in [1.807, 2.05) is 19.1 Å². The van der Waals surface area contributed by atoms with Crippen LogP contribution in [0.15, 0.2) is 70.5 Å². The average molecular weight is 665 g/mol. The maximum Gasteiger partial charge on any atom is 0.416 e. The quantitative estimate of drug-likeness (QED) is 0.223. The molecule has 0 spiro atoms. The predicted octanol–water partition coefficient (Wildman–Crippen LogP) is 3.94. The largest absolute Gasteiger partial charge is 0.440 e. The molecular weight excluding hydrogens is 629 g/mol. The van der Waals surface area contributed by atoms with Crippen LogP contribution in [0.4, 0.5) is 18.9 Å². The van der Waals surface area contributed by atoms with E-state index in [0.717, 1.165) is 48.6 Å². The third-order valence-corrected chi connectivity index (χ3v) is 8.28. The highest BCUT2D eigenvalue weighted by molar-refractivity contribution is 5.90. The Kier molecular flexibility index (Phi) is 9.22. The van der Waals surface area contributed by atoms with Crippen LogP contribution in [-0.2, 0) is 37.3 Å². The lowest BCUT2D eigenvalue weighted by atomic mass is 10.1. The average Bonchev–Trinajstić information content (AvgIpc) is 3.71. The van der Waals surface area contributed by atoms with Crippen molar-refractivity contribution in [1.82, 2.24) is 33.8 Å². The number of carbonyl (C=O) groups excluding carboxylic acids is 1. The minimum absolute atomic E-state index is 0.0338. The summed E-state index contributed by atoms with van der Waals surface area (Å²) in [6.45, 7) is 7.12. The first-order valence-corrected chi connectivity index (χ1v) is 15.7. The summed E-state index contributed by atoms with van der Waals surface area (Å²) >= 11 is 0. The Balaban J connectivity index is 1.35. The first-order chi connectivity index (χ1) is 23.1. The molecule has 1 aliphatic heterocycles. The van der Waals surface area contributed by atoms with Crippen molar-refractivity contribution < 1.29 is 22.7 Å². The molecule has 1 saturated heterocycles. The number of ether oxygens (including phenoxy) is 1. The van der Waals surface area contributed by atoms with E-state index in [-0.39, 0.29) is 36.6 Å². The van der Waals surface area contributed by atoms with Crippen molar-refractivity contribution in [2.45, 2.75) is 52.8 Å². The topological polar surface area (TPSA) is 121 Å². The Morgan fingerprint density at radius 1 is 1.00 bits per heavy atom. The summed E-state index contributed by atoms with van der Waals surface area (Å²) in [5.41, 5.74) is 0.454. The second-order valence-corrected chi connectivity index (χ2v) is 11.5. The van der Waals surface area contributed by atoms with Crippen molar-refractivity contribution in [2.24, 2.45) is 0 Å². The highest BCUT2D eigenvalue weighted by Gasteiger charge is 2.30. The van der Waals surface area contributed by atoms with Gasteiger partial charge in [-0.05, 0) is 55.3 Å². The summed E-state index contributed by atoms with van der Waals surface area (Å²) in [5, 5.41) is 7.63. The fourth-order valence-corrected chi connectivity index (χ4v) is 5.88. The standard InChI is InChI=1S/C33H35F3N8O4/c1-3-14-43-30(45)27-29(42(4-2)32(43)47)39-28(24-18-38-41(20-24)19-22-6-5-7-25(17-22)33(34,35)36)44(27)21-48-31(46)23-8-10-26(11-9-23)40-15-12-37-13-16-40/h5-11,17-18,20,37H,3-4,12-16,19,21H2,1-2H3. The zero-order chi connectivity index (χ0) is 34.0. The Morgan fingerprint density at radius 3 is 2.44 bits per heavy atom. The van der Waals surface area contributed by atoms with Crippen LogP contribution in [-0.4, -0.2) is 60.6 Å². The van der Waals surface area contributed by atoms with Crippen molar-refractivity contribution in [1.29, 1.82) is 0 Å². The van der Waals surface area contributed by atoms with E-state index < -0.39 is 35.7 Å². The van der Waals surface area contributed by atoms with Crippen LogP contribution < -0.4 is 21.5 Å². The van der Waals surface area contributed by atoms with Crippen LogP contribution in [0.2, 0.25) is 0 Å². The first kappa shape index (κ1) is 32.7. The number of esters is 1. The number of carbonyl (C=O) groups is 1. The van der Waals surface area contributed by atoms with Crippen molar-refractivity contribution >= 4 is 22.8 Å². The van der Waals surface area contributed by atoms with E-state index >= 15 is 0 Å². The van der Waals surface area contributed by atoms with Crippen LogP contribution >= 0.6 is 0 Å². The van der Waals surface area contributed by atoms with E-state index in [4.69, 9.17) is 4.74 Å². The number of piperazine rings is 1. The van der Waals surface area contributed by atoms with E-state index in [9.17, 15) is 27.6 Å². The van der Waals surface area contributed by atoms with Crippen LogP contribution in [0.1, 0.15) is 41.8 Å². The van der Waals surface area contributed by atoms with Gasteiger partial charge in [0.25, 0.3) is 5.56 Å². The molecule has 252 valence electrons. The van der Waals surface area contributed by atoms with Gasteiger partial charge in [0.15, 0.2) is 17.9 Å². The van der Waals surface area contributed by atoms with Gasteiger partial charge in [0.1, 0.15) is 5.82 Å². The maximum absolute atomic E-state index is 13.8. The summed E-state index contributed by atoms with van der Waals surface area (Å²) in [4.78, 5) is 47.1. The van der Waals surface area contributed by atoms with E-state index in [0.29, 0.717) is 23.1 Å². The number of alkyl halides is 3. The molecule has 2 aromatic carbocycles. The molecule has 0 aliphatic carbocycles. The lowest BCUT2D eigenvalue weighted by Crippen LogP contribution is -2.43. The molecule has 5 aromatic rings. The molecule has 0 unspecified atom stereocenters. The smallest absolute Gasteiger partial charge is 0.416 e. The molecule has 1 fully saturated rings. The number of rotatable bonds is 10. The SMILES string of the molecule is CCCn1c(=O)c2c(nc(-c3cnn(Cc4cccc(C(F)(F)F)c4)c3)n2COC(=O)c2ccc(N3CCNCC3)cc2)n(CC)c1=O. The molecule has 15 heteroatoms. The molecule has 6 rings (SSSR count). The van der Waals surface area contributed by atoms with Crippen LogP contribution in [0.3, 0.4) is 0 Å². The second kappa shape index (κ2) is 13.5. The van der Waals surface area contributed by atoms with Gasteiger partial charge < -0.3 is 15.0 Å². The minimum Gasteiger partial charge on any atom is -0.440 e. The summed E-state index contributed by atoms with van der Waals surface area (Å²) in [6.07, 6.45) is -0.915. The molecule has 0 saturated carbocycles. The van der Waals surface area contributed by atoms with Gasteiger partial charge in [-0.15, -0.1) is 0 Å². The van der Waals surface area contributed by atoms with Gasteiger partial charge in [0.05, 0.1) is 29.4 Å². The number of hydrogen-bond acceptors (Lipinski definition) is 8. The zero-order valence-corrected chi connectivity index (χ0v) is 26.5. The number of imidazole rings is 1. The number of nitrogens with one attached hydrogen (secondary N) is 1. The Morgan fingerprint density at radius 2 is 1.75 bits per heavy atom. The number of aromatic nitrogens is 6. The molecule has 4 heterocycles. The van der Waals surface area contributed by atoms with Crippen molar-refractivity contribution in [3.63, 3.8) is 0 Å². The molecule has 1 N–H and O–H groups in total.